The standard InChI is InChI=1S/C23H19N5O2/c29-21-13-20(16-6-7-19-17(12-16)9-11-24-19)27-22-18(14-26-28(21)22)23(30)25-10-8-15-4-2-1-3-5-15/h1-7,9,11-14,24,26H,8,10H2,(H,25,30). The van der Waals surface area contributed by atoms with Crippen molar-refractivity contribution in [2.45, 2.75) is 6.42 Å². The quantitative estimate of drug-likeness (QED) is 0.425. The molecule has 1 amide bonds. The highest BCUT2D eigenvalue weighted by Crippen LogP contribution is 2.22. The minimum atomic E-state index is -0.271. The normalized spacial score (nSPS) is 11.2. The van der Waals surface area contributed by atoms with Crippen LogP contribution in [-0.2, 0) is 6.42 Å². The van der Waals surface area contributed by atoms with Crippen molar-refractivity contribution in [2.24, 2.45) is 0 Å². The average Bonchev–Trinajstić information content (AvgIpc) is 3.41. The van der Waals surface area contributed by atoms with E-state index in [-0.39, 0.29) is 11.5 Å². The first kappa shape index (κ1) is 17.9. The van der Waals surface area contributed by atoms with Crippen LogP contribution in [-0.4, -0.2) is 32.0 Å². The fourth-order valence-corrected chi connectivity index (χ4v) is 3.57. The van der Waals surface area contributed by atoms with E-state index in [9.17, 15) is 9.59 Å². The molecule has 0 unspecified atom stereocenters. The van der Waals surface area contributed by atoms with Gasteiger partial charge in [0, 0.05) is 41.5 Å². The Kier molecular flexibility index (Phi) is 4.40. The lowest BCUT2D eigenvalue weighted by atomic mass is 10.1. The van der Waals surface area contributed by atoms with Gasteiger partial charge in [-0.05, 0) is 30.2 Å². The van der Waals surface area contributed by atoms with E-state index in [1.54, 1.807) is 0 Å². The third-order valence-corrected chi connectivity index (χ3v) is 5.13. The van der Waals surface area contributed by atoms with E-state index < -0.39 is 0 Å². The first-order valence-electron chi connectivity index (χ1n) is 9.70. The third-order valence-electron chi connectivity index (χ3n) is 5.13. The molecular weight excluding hydrogens is 378 g/mol. The van der Waals surface area contributed by atoms with Gasteiger partial charge in [0.2, 0.25) is 0 Å². The van der Waals surface area contributed by atoms with Crippen LogP contribution in [0.5, 0.6) is 0 Å². The average molecular weight is 397 g/mol. The zero-order chi connectivity index (χ0) is 20.5. The number of hydrogen-bond donors (Lipinski definition) is 3. The topological polar surface area (TPSA) is 95.0 Å². The van der Waals surface area contributed by atoms with Gasteiger partial charge < -0.3 is 10.3 Å². The molecule has 0 aliphatic carbocycles. The molecule has 30 heavy (non-hydrogen) atoms. The van der Waals surface area contributed by atoms with Crippen LogP contribution in [0.1, 0.15) is 15.9 Å². The molecule has 0 saturated heterocycles. The van der Waals surface area contributed by atoms with Gasteiger partial charge in [-0.1, -0.05) is 36.4 Å². The van der Waals surface area contributed by atoms with E-state index in [0.29, 0.717) is 23.4 Å². The van der Waals surface area contributed by atoms with Crippen LogP contribution in [0.3, 0.4) is 0 Å². The van der Waals surface area contributed by atoms with Crippen LogP contribution in [0.2, 0.25) is 0 Å². The van der Waals surface area contributed by atoms with Crippen molar-refractivity contribution < 1.29 is 4.79 Å². The number of rotatable bonds is 5. The lowest BCUT2D eigenvalue weighted by Crippen LogP contribution is -2.26. The van der Waals surface area contributed by atoms with Crippen LogP contribution in [0.25, 0.3) is 27.8 Å². The zero-order valence-electron chi connectivity index (χ0n) is 16.1. The largest absolute Gasteiger partial charge is 0.361 e. The minimum Gasteiger partial charge on any atom is -0.361 e. The second-order valence-corrected chi connectivity index (χ2v) is 7.10. The molecule has 3 aromatic heterocycles. The molecular formula is C23H19N5O2. The Labute approximate surface area is 171 Å². The number of H-pyrrole nitrogens is 2. The van der Waals surface area contributed by atoms with Crippen LogP contribution >= 0.6 is 0 Å². The van der Waals surface area contributed by atoms with Gasteiger partial charge in [-0.15, -0.1) is 0 Å². The number of aromatic nitrogens is 4. The summed E-state index contributed by atoms with van der Waals surface area (Å²) in [6, 6.07) is 19.2. The highest BCUT2D eigenvalue weighted by Gasteiger charge is 2.16. The molecule has 7 heteroatoms. The molecule has 0 radical (unpaired) electrons. The summed E-state index contributed by atoms with van der Waals surface area (Å²) in [6.45, 7) is 0.494. The molecule has 0 aliphatic rings. The zero-order valence-corrected chi connectivity index (χ0v) is 16.1. The van der Waals surface area contributed by atoms with Crippen molar-refractivity contribution >= 4 is 22.5 Å². The summed E-state index contributed by atoms with van der Waals surface area (Å²) in [7, 11) is 0. The Morgan fingerprint density at radius 1 is 1.07 bits per heavy atom. The Balaban J connectivity index is 1.44. The van der Waals surface area contributed by atoms with Crippen LogP contribution in [0.15, 0.2) is 77.9 Å². The maximum atomic E-state index is 12.7. The van der Waals surface area contributed by atoms with Crippen molar-refractivity contribution in [3.63, 3.8) is 0 Å². The van der Waals surface area contributed by atoms with E-state index >= 15 is 0 Å². The lowest BCUT2D eigenvalue weighted by molar-refractivity contribution is 0.0955. The molecule has 0 aliphatic heterocycles. The Morgan fingerprint density at radius 3 is 2.80 bits per heavy atom. The summed E-state index contributed by atoms with van der Waals surface area (Å²) >= 11 is 0. The number of aromatic amines is 2. The number of carbonyl (C=O) groups excluding carboxylic acids is 1. The number of carbonyl (C=O) groups is 1. The van der Waals surface area contributed by atoms with Crippen molar-refractivity contribution in [3.05, 3.63) is 94.5 Å². The molecule has 5 aromatic rings. The number of benzene rings is 2. The monoisotopic (exact) mass is 397 g/mol. The van der Waals surface area contributed by atoms with Gasteiger partial charge in [0.05, 0.1) is 5.69 Å². The highest BCUT2D eigenvalue weighted by atomic mass is 16.2. The molecule has 0 bridgehead atoms. The molecule has 148 valence electrons. The molecule has 0 saturated carbocycles. The first-order valence-corrected chi connectivity index (χ1v) is 9.70. The Bertz CT molecular complexity index is 1410. The van der Waals surface area contributed by atoms with Crippen LogP contribution in [0.4, 0.5) is 0 Å². The molecule has 0 fully saturated rings. The smallest absolute Gasteiger partial charge is 0.273 e. The second-order valence-electron chi connectivity index (χ2n) is 7.10. The number of nitrogens with zero attached hydrogens (tertiary/aromatic N) is 2. The first-order chi connectivity index (χ1) is 14.7. The molecule has 3 heterocycles. The second kappa shape index (κ2) is 7.36. The van der Waals surface area contributed by atoms with Gasteiger partial charge in [-0.3, -0.25) is 14.7 Å². The van der Waals surface area contributed by atoms with Crippen molar-refractivity contribution in [1.29, 1.82) is 0 Å². The van der Waals surface area contributed by atoms with E-state index in [2.05, 4.69) is 20.4 Å². The highest BCUT2D eigenvalue weighted by molar-refractivity contribution is 5.99. The van der Waals surface area contributed by atoms with Gasteiger partial charge in [0.1, 0.15) is 5.56 Å². The fraction of sp³-hybridized carbons (Fsp3) is 0.0870. The molecule has 0 spiro atoms. The van der Waals surface area contributed by atoms with E-state index in [1.165, 1.54) is 16.8 Å². The number of nitrogens with one attached hydrogen (secondary N) is 3. The lowest BCUT2D eigenvalue weighted by Gasteiger charge is -2.05. The van der Waals surface area contributed by atoms with Crippen molar-refractivity contribution in [2.75, 3.05) is 6.54 Å². The Morgan fingerprint density at radius 2 is 1.93 bits per heavy atom. The molecule has 0 atom stereocenters. The van der Waals surface area contributed by atoms with E-state index in [0.717, 1.165) is 28.5 Å². The number of amides is 1. The molecule has 3 N–H and O–H groups in total. The summed E-state index contributed by atoms with van der Waals surface area (Å²) in [5.74, 6) is -0.269. The maximum Gasteiger partial charge on any atom is 0.273 e. The van der Waals surface area contributed by atoms with Gasteiger partial charge >= 0.3 is 0 Å². The van der Waals surface area contributed by atoms with Gasteiger partial charge in [0.25, 0.3) is 11.5 Å². The van der Waals surface area contributed by atoms with Gasteiger partial charge in [0.15, 0.2) is 5.65 Å². The predicted molar refractivity (Wildman–Crippen MR) is 116 cm³/mol. The minimum absolute atomic E-state index is 0.269. The van der Waals surface area contributed by atoms with Crippen LogP contribution in [0, 0.1) is 0 Å². The van der Waals surface area contributed by atoms with Gasteiger partial charge in [-0.2, -0.15) is 0 Å². The predicted octanol–water partition coefficient (Wildman–Crippen LogP) is 3.14. The van der Waals surface area contributed by atoms with Crippen molar-refractivity contribution in [3.8, 4) is 11.3 Å². The van der Waals surface area contributed by atoms with E-state index in [1.807, 2.05) is 60.8 Å². The molecule has 7 nitrogen and oxygen atoms in total. The number of hydrogen-bond acceptors (Lipinski definition) is 3. The van der Waals surface area contributed by atoms with Crippen LogP contribution < -0.4 is 10.9 Å². The summed E-state index contributed by atoms with van der Waals surface area (Å²) < 4.78 is 1.28. The third kappa shape index (κ3) is 3.26. The molecule has 5 rings (SSSR count). The fourth-order valence-electron chi connectivity index (χ4n) is 3.57. The van der Waals surface area contributed by atoms with Gasteiger partial charge in [-0.25, -0.2) is 9.50 Å². The molecule has 2 aromatic carbocycles. The number of fused-ring (bicyclic) bond motifs is 2. The van der Waals surface area contributed by atoms with Crippen molar-refractivity contribution in [1.82, 2.24) is 24.9 Å². The van der Waals surface area contributed by atoms with E-state index in [4.69, 9.17) is 0 Å². The SMILES string of the molecule is O=C(NCCc1ccccc1)c1c[nH]n2c(=O)cc(-c3ccc4[nH]ccc4c3)nc12. The Hall–Kier alpha value is -4.13. The summed E-state index contributed by atoms with van der Waals surface area (Å²) in [6.07, 6.45) is 4.11. The summed E-state index contributed by atoms with van der Waals surface area (Å²) in [5, 5.41) is 6.76. The summed E-state index contributed by atoms with van der Waals surface area (Å²) in [5.41, 5.74) is 3.88. The maximum absolute atomic E-state index is 12.7. The summed E-state index contributed by atoms with van der Waals surface area (Å²) in [4.78, 5) is 33.0.